The van der Waals surface area contributed by atoms with Crippen molar-refractivity contribution >= 4 is 17.9 Å². The van der Waals surface area contributed by atoms with Crippen LogP contribution in [0.25, 0.3) is 0 Å². The lowest BCUT2D eigenvalue weighted by Gasteiger charge is -2.18. The van der Waals surface area contributed by atoms with E-state index in [0.29, 0.717) is 19.3 Å². The zero-order chi connectivity index (χ0) is 45.8. The molecular weight excluding hydrogens is 781 g/mol. The smallest absolute Gasteiger partial charge is 0.306 e. The van der Waals surface area contributed by atoms with E-state index in [1.807, 2.05) is 0 Å². The van der Waals surface area contributed by atoms with E-state index in [1.165, 1.54) is 231 Å². The summed E-state index contributed by atoms with van der Waals surface area (Å²) in [6.07, 6.45) is 58.0. The second-order valence-corrected chi connectivity index (χ2v) is 19.6. The third-order valence-electron chi connectivity index (χ3n) is 13.1. The Morgan fingerprint density at radius 2 is 0.429 bits per heavy atom. The second-order valence-electron chi connectivity index (χ2n) is 19.6. The Labute approximate surface area is 393 Å². The van der Waals surface area contributed by atoms with E-state index < -0.39 is 6.10 Å². The summed E-state index contributed by atoms with van der Waals surface area (Å²) in [7, 11) is 0. The van der Waals surface area contributed by atoms with Crippen LogP contribution < -0.4 is 0 Å². The summed E-state index contributed by atoms with van der Waals surface area (Å²) in [5.41, 5.74) is 0. The summed E-state index contributed by atoms with van der Waals surface area (Å²) >= 11 is 0. The van der Waals surface area contributed by atoms with Gasteiger partial charge in [0.15, 0.2) is 6.10 Å². The van der Waals surface area contributed by atoms with Gasteiger partial charge in [-0.25, -0.2) is 0 Å². The van der Waals surface area contributed by atoms with Gasteiger partial charge < -0.3 is 14.2 Å². The molecule has 0 aromatic rings. The topological polar surface area (TPSA) is 78.9 Å². The lowest BCUT2D eigenvalue weighted by atomic mass is 10.0. The van der Waals surface area contributed by atoms with Crippen molar-refractivity contribution in [2.24, 2.45) is 0 Å². The van der Waals surface area contributed by atoms with Crippen molar-refractivity contribution in [2.75, 3.05) is 13.2 Å². The van der Waals surface area contributed by atoms with Gasteiger partial charge >= 0.3 is 17.9 Å². The molecule has 0 bridgehead atoms. The van der Waals surface area contributed by atoms with E-state index in [2.05, 4.69) is 20.8 Å². The summed E-state index contributed by atoms with van der Waals surface area (Å²) in [4.78, 5) is 38.1. The van der Waals surface area contributed by atoms with Crippen LogP contribution in [0.5, 0.6) is 0 Å². The summed E-state index contributed by atoms with van der Waals surface area (Å²) in [6, 6.07) is 0. The van der Waals surface area contributed by atoms with Gasteiger partial charge in [0.2, 0.25) is 0 Å². The van der Waals surface area contributed by atoms with Crippen molar-refractivity contribution in [2.45, 2.75) is 335 Å². The molecule has 0 aliphatic carbocycles. The minimum absolute atomic E-state index is 0.0612. The highest BCUT2D eigenvalue weighted by Crippen LogP contribution is 2.17. The average Bonchev–Trinajstić information content (AvgIpc) is 3.28. The van der Waals surface area contributed by atoms with Crippen molar-refractivity contribution < 1.29 is 28.6 Å². The first-order valence-electron chi connectivity index (χ1n) is 28.5. The predicted molar refractivity (Wildman–Crippen MR) is 270 cm³/mol. The highest BCUT2D eigenvalue weighted by atomic mass is 16.6. The summed E-state index contributed by atoms with van der Waals surface area (Å²) in [6.45, 7) is 6.70. The molecule has 0 N–H and O–H groups in total. The fraction of sp³-hybridized carbons (Fsp3) is 0.947. The Balaban J connectivity index is 4.25. The molecule has 0 rings (SSSR count). The Bertz CT molecular complexity index is 936. The standard InChI is InChI=1S/C57H110O6/c1-4-7-10-13-16-19-22-25-27-28-29-31-33-36-38-41-44-47-50-56(59)62-53-54(63-57(60)51-48-45-42-39-34-24-21-18-15-12-9-6-3)52-61-55(58)49-46-43-40-37-35-32-30-26-23-20-17-14-11-8-5-2/h54H,4-53H2,1-3H3/t54-/m1/s1. The van der Waals surface area contributed by atoms with Crippen LogP contribution in [0.1, 0.15) is 329 Å². The van der Waals surface area contributed by atoms with Crippen molar-refractivity contribution in [3.05, 3.63) is 0 Å². The molecule has 374 valence electrons. The van der Waals surface area contributed by atoms with E-state index in [9.17, 15) is 14.4 Å². The SMILES string of the molecule is CCCCCCCCCCCCCCCCCCCCC(=O)OC[C@@H](COC(=O)CCCCCCCCCCCCCCCCC)OC(=O)CCCCCCCCCCCCCC. The maximum absolute atomic E-state index is 12.8. The normalized spacial score (nSPS) is 11.9. The molecule has 0 unspecified atom stereocenters. The molecule has 0 saturated carbocycles. The van der Waals surface area contributed by atoms with Crippen LogP contribution in [-0.4, -0.2) is 37.2 Å². The number of hydrogen-bond donors (Lipinski definition) is 0. The molecule has 0 radical (unpaired) electrons. The average molecular weight is 892 g/mol. The number of carbonyl (C=O) groups is 3. The molecule has 0 saturated heterocycles. The molecule has 0 spiro atoms. The highest BCUT2D eigenvalue weighted by molar-refractivity contribution is 5.71. The molecule has 0 aliphatic heterocycles. The van der Waals surface area contributed by atoms with Crippen LogP contribution in [0.2, 0.25) is 0 Å². The quantitative estimate of drug-likeness (QED) is 0.0344. The molecular formula is C57H110O6. The fourth-order valence-electron chi connectivity index (χ4n) is 8.80. The summed E-state index contributed by atoms with van der Waals surface area (Å²) in [5.74, 6) is -0.834. The second kappa shape index (κ2) is 53.0. The van der Waals surface area contributed by atoms with Gasteiger partial charge in [-0.2, -0.15) is 0 Å². The number of esters is 3. The molecule has 0 aromatic heterocycles. The van der Waals surface area contributed by atoms with Crippen molar-refractivity contribution in [3.63, 3.8) is 0 Å². The van der Waals surface area contributed by atoms with Gasteiger partial charge in [-0.1, -0.05) is 290 Å². The number of rotatable bonds is 53. The van der Waals surface area contributed by atoms with Gasteiger partial charge in [0.25, 0.3) is 0 Å². The van der Waals surface area contributed by atoms with Crippen LogP contribution in [0.3, 0.4) is 0 Å². The van der Waals surface area contributed by atoms with E-state index in [-0.39, 0.29) is 31.1 Å². The minimum atomic E-state index is -0.760. The molecule has 6 heteroatoms. The van der Waals surface area contributed by atoms with Gasteiger partial charge in [-0.15, -0.1) is 0 Å². The van der Waals surface area contributed by atoms with Crippen LogP contribution >= 0.6 is 0 Å². The fourth-order valence-corrected chi connectivity index (χ4v) is 8.80. The molecule has 1 atom stereocenters. The van der Waals surface area contributed by atoms with Gasteiger partial charge in [-0.3, -0.25) is 14.4 Å². The first kappa shape index (κ1) is 61.4. The van der Waals surface area contributed by atoms with Crippen LogP contribution in [0.4, 0.5) is 0 Å². The first-order chi connectivity index (χ1) is 31.0. The maximum atomic E-state index is 12.8. The van der Waals surface area contributed by atoms with Gasteiger partial charge in [0, 0.05) is 19.3 Å². The Morgan fingerprint density at radius 3 is 0.635 bits per heavy atom. The zero-order valence-electron chi connectivity index (χ0n) is 42.9. The molecule has 63 heavy (non-hydrogen) atoms. The van der Waals surface area contributed by atoms with Gasteiger partial charge in [0.1, 0.15) is 13.2 Å². The van der Waals surface area contributed by atoms with E-state index in [4.69, 9.17) is 14.2 Å². The number of unbranched alkanes of at least 4 members (excludes halogenated alkanes) is 42. The maximum Gasteiger partial charge on any atom is 0.306 e. The third-order valence-corrected chi connectivity index (χ3v) is 13.1. The molecule has 0 aliphatic rings. The Hall–Kier alpha value is -1.59. The van der Waals surface area contributed by atoms with E-state index in [0.717, 1.165) is 57.8 Å². The number of hydrogen-bond acceptors (Lipinski definition) is 6. The zero-order valence-corrected chi connectivity index (χ0v) is 42.9. The predicted octanol–water partition coefficient (Wildman–Crippen LogP) is 18.8. The third kappa shape index (κ3) is 51.3. The highest BCUT2D eigenvalue weighted by Gasteiger charge is 2.19. The summed E-state index contributed by atoms with van der Waals surface area (Å²) in [5, 5.41) is 0. The van der Waals surface area contributed by atoms with Gasteiger partial charge in [-0.05, 0) is 19.3 Å². The van der Waals surface area contributed by atoms with Gasteiger partial charge in [0.05, 0.1) is 0 Å². The largest absolute Gasteiger partial charge is 0.462 e. The minimum Gasteiger partial charge on any atom is -0.462 e. The monoisotopic (exact) mass is 891 g/mol. The molecule has 0 fully saturated rings. The number of ether oxygens (including phenoxy) is 3. The van der Waals surface area contributed by atoms with Crippen molar-refractivity contribution in [1.29, 1.82) is 0 Å². The summed E-state index contributed by atoms with van der Waals surface area (Å²) < 4.78 is 16.9. The van der Waals surface area contributed by atoms with Crippen molar-refractivity contribution in [3.8, 4) is 0 Å². The Morgan fingerprint density at radius 1 is 0.254 bits per heavy atom. The lowest BCUT2D eigenvalue weighted by Crippen LogP contribution is -2.30. The molecule has 0 amide bonds. The van der Waals surface area contributed by atoms with E-state index >= 15 is 0 Å². The lowest BCUT2D eigenvalue weighted by molar-refractivity contribution is -0.167. The van der Waals surface area contributed by atoms with Crippen LogP contribution in [-0.2, 0) is 28.6 Å². The number of carbonyl (C=O) groups excluding carboxylic acids is 3. The van der Waals surface area contributed by atoms with Crippen molar-refractivity contribution in [1.82, 2.24) is 0 Å². The Kier molecular flexibility index (Phi) is 51.7. The molecule has 6 nitrogen and oxygen atoms in total. The molecule has 0 heterocycles. The van der Waals surface area contributed by atoms with Crippen LogP contribution in [0.15, 0.2) is 0 Å². The first-order valence-corrected chi connectivity index (χ1v) is 28.5. The van der Waals surface area contributed by atoms with Crippen LogP contribution in [0, 0.1) is 0 Å². The van der Waals surface area contributed by atoms with E-state index in [1.54, 1.807) is 0 Å². The molecule has 0 aromatic carbocycles.